The normalized spacial score (nSPS) is 15.2. The summed E-state index contributed by atoms with van der Waals surface area (Å²) in [4.78, 5) is 22.7. The molecule has 0 aliphatic carbocycles. The predicted molar refractivity (Wildman–Crippen MR) is 69.2 cm³/mol. The molecule has 1 aromatic rings. The fourth-order valence-electron chi connectivity index (χ4n) is 1.74. The molecule has 0 spiro atoms. The van der Waals surface area contributed by atoms with Crippen LogP contribution in [0.1, 0.15) is 32.3 Å². The molecule has 0 saturated heterocycles. The van der Waals surface area contributed by atoms with Gasteiger partial charge in [-0.15, -0.1) is 0 Å². The standard InChI is InChI=1S/C14H17F2NO3/c1-7(14(19)20)9(3)17-13(18)8(2)12-10(15)5-4-6-11(12)16/h4-9H,1-3H3,(H,17,18)(H,19,20). The number of nitrogens with one attached hydrogen (secondary N) is 1. The van der Waals surface area contributed by atoms with Crippen LogP contribution in [0.5, 0.6) is 0 Å². The SMILES string of the molecule is CC(C(=O)NC(C)C(C)C(=O)O)c1c(F)cccc1F. The van der Waals surface area contributed by atoms with Crippen LogP contribution in [0, 0.1) is 17.6 Å². The van der Waals surface area contributed by atoms with Crippen molar-refractivity contribution in [3.8, 4) is 0 Å². The van der Waals surface area contributed by atoms with E-state index in [4.69, 9.17) is 5.11 Å². The average Bonchev–Trinajstić information content (AvgIpc) is 2.36. The molecule has 6 heteroatoms. The summed E-state index contributed by atoms with van der Waals surface area (Å²) in [6.07, 6.45) is 0. The minimum absolute atomic E-state index is 0.319. The summed E-state index contributed by atoms with van der Waals surface area (Å²) in [5.74, 6) is -5.11. The lowest BCUT2D eigenvalue weighted by atomic mass is 9.97. The lowest BCUT2D eigenvalue weighted by Gasteiger charge is -2.21. The molecule has 0 heterocycles. The Bertz CT molecular complexity index is 499. The van der Waals surface area contributed by atoms with E-state index < -0.39 is 41.4 Å². The molecule has 3 atom stereocenters. The first-order valence-corrected chi connectivity index (χ1v) is 6.22. The van der Waals surface area contributed by atoms with Gasteiger partial charge in [-0.2, -0.15) is 0 Å². The fraction of sp³-hybridized carbons (Fsp3) is 0.429. The summed E-state index contributed by atoms with van der Waals surface area (Å²) >= 11 is 0. The third-order valence-corrected chi connectivity index (χ3v) is 3.34. The van der Waals surface area contributed by atoms with Crippen molar-refractivity contribution < 1.29 is 23.5 Å². The molecule has 0 aromatic heterocycles. The van der Waals surface area contributed by atoms with Crippen LogP contribution in [0.3, 0.4) is 0 Å². The lowest BCUT2D eigenvalue weighted by molar-refractivity contribution is -0.142. The van der Waals surface area contributed by atoms with Gasteiger partial charge in [-0.25, -0.2) is 8.78 Å². The second kappa shape index (κ2) is 6.45. The Kier molecular flexibility index (Phi) is 5.19. The van der Waals surface area contributed by atoms with E-state index in [0.29, 0.717) is 0 Å². The van der Waals surface area contributed by atoms with E-state index in [2.05, 4.69) is 5.32 Å². The van der Waals surface area contributed by atoms with E-state index in [-0.39, 0.29) is 5.56 Å². The summed E-state index contributed by atoms with van der Waals surface area (Å²) in [6, 6.07) is 2.72. The van der Waals surface area contributed by atoms with Gasteiger partial charge < -0.3 is 10.4 Å². The van der Waals surface area contributed by atoms with Crippen molar-refractivity contribution in [1.29, 1.82) is 0 Å². The third-order valence-electron chi connectivity index (χ3n) is 3.34. The van der Waals surface area contributed by atoms with Crippen molar-refractivity contribution in [2.24, 2.45) is 5.92 Å². The zero-order valence-corrected chi connectivity index (χ0v) is 11.5. The first-order valence-electron chi connectivity index (χ1n) is 6.22. The first-order chi connectivity index (χ1) is 9.25. The lowest BCUT2D eigenvalue weighted by Crippen LogP contribution is -2.42. The van der Waals surface area contributed by atoms with Gasteiger partial charge in [0.25, 0.3) is 0 Å². The Morgan fingerprint density at radius 3 is 2.10 bits per heavy atom. The quantitative estimate of drug-likeness (QED) is 0.872. The molecule has 1 aromatic carbocycles. The maximum atomic E-state index is 13.6. The third kappa shape index (κ3) is 3.53. The van der Waals surface area contributed by atoms with Crippen LogP contribution in [0.2, 0.25) is 0 Å². The molecule has 0 bridgehead atoms. The molecule has 110 valence electrons. The highest BCUT2D eigenvalue weighted by molar-refractivity contribution is 5.84. The molecule has 20 heavy (non-hydrogen) atoms. The maximum absolute atomic E-state index is 13.6. The van der Waals surface area contributed by atoms with Crippen molar-refractivity contribution in [1.82, 2.24) is 5.32 Å². The number of carboxylic acid groups (broad SMARTS) is 1. The van der Waals surface area contributed by atoms with Crippen LogP contribution in [0.25, 0.3) is 0 Å². The number of amides is 1. The van der Waals surface area contributed by atoms with Gasteiger partial charge in [-0.3, -0.25) is 9.59 Å². The first kappa shape index (κ1) is 16.1. The van der Waals surface area contributed by atoms with Crippen molar-refractivity contribution in [3.63, 3.8) is 0 Å². The zero-order chi connectivity index (χ0) is 15.4. The Morgan fingerprint density at radius 2 is 1.65 bits per heavy atom. The Hall–Kier alpha value is -1.98. The van der Waals surface area contributed by atoms with Crippen molar-refractivity contribution >= 4 is 11.9 Å². The van der Waals surface area contributed by atoms with Crippen LogP contribution in [-0.2, 0) is 9.59 Å². The highest BCUT2D eigenvalue weighted by Gasteiger charge is 2.26. The molecule has 0 radical (unpaired) electrons. The Balaban J connectivity index is 2.85. The summed E-state index contributed by atoms with van der Waals surface area (Å²) in [5.41, 5.74) is -0.319. The van der Waals surface area contributed by atoms with Crippen LogP contribution in [-0.4, -0.2) is 23.0 Å². The van der Waals surface area contributed by atoms with Gasteiger partial charge in [-0.1, -0.05) is 6.07 Å². The van der Waals surface area contributed by atoms with E-state index in [1.165, 1.54) is 26.8 Å². The van der Waals surface area contributed by atoms with Gasteiger partial charge >= 0.3 is 5.97 Å². The number of hydrogen-bond donors (Lipinski definition) is 2. The van der Waals surface area contributed by atoms with Gasteiger partial charge in [0.1, 0.15) is 11.6 Å². The van der Waals surface area contributed by atoms with Crippen molar-refractivity contribution in [2.75, 3.05) is 0 Å². The van der Waals surface area contributed by atoms with E-state index in [0.717, 1.165) is 12.1 Å². The average molecular weight is 285 g/mol. The molecule has 4 nitrogen and oxygen atoms in total. The zero-order valence-electron chi connectivity index (χ0n) is 11.5. The number of rotatable bonds is 5. The highest BCUT2D eigenvalue weighted by atomic mass is 19.1. The fourth-order valence-corrected chi connectivity index (χ4v) is 1.74. The number of carbonyl (C=O) groups is 2. The largest absolute Gasteiger partial charge is 0.481 e. The van der Waals surface area contributed by atoms with Crippen LogP contribution in [0.4, 0.5) is 8.78 Å². The molecule has 3 unspecified atom stereocenters. The second-order valence-corrected chi connectivity index (χ2v) is 4.78. The van der Waals surface area contributed by atoms with E-state index in [1.807, 2.05) is 0 Å². The smallest absolute Gasteiger partial charge is 0.308 e. The molecular weight excluding hydrogens is 268 g/mol. The highest BCUT2D eigenvalue weighted by Crippen LogP contribution is 2.22. The number of aliphatic carboxylic acids is 1. The monoisotopic (exact) mass is 285 g/mol. The minimum Gasteiger partial charge on any atom is -0.481 e. The topological polar surface area (TPSA) is 66.4 Å². The molecule has 2 N–H and O–H groups in total. The van der Waals surface area contributed by atoms with Crippen LogP contribution < -0.4 is 5.32 Å². The molecule has 0 fully saturated rings. The van der Waals surface area contributed by atoms with E-state index in [1.54, 1.807) is 0 Å². The van der Waals surface area contributed by atoms with Crippen LogP contribution >= 0.6 is 0 Å². The van der Waals surface area contributed by atoms with Gasteiger partial charge in [0, 0.05) is 11.6 Å². The molecule has 1 rings (SSSR count). The minimum atomic E-state index is -1.05. The van der Waals surface area contributed by atoms with Gasteiger partial charge in [0.05, 0.1) is 11.8 Å². The summed E-state index contributed by atoms with van der Waals surface area (Å²) in [7, 11) is 0. The maximum Gasteiger partial charge on any atom is 0.308 e. The van der Waals surface area contributed by atoms with Gasteiger partial charge in [0.2, 0.25) is 5.91 Å². The van der Waals surface area contributed by atoms with Gasteiger partial charge in [-0.05, 0) is 32.9 Å². The number of carbonyl (C=O) groups excluding carboxylic acids is 1. The number of carboxylic acids is 1. The Morgan fingerprint density at radius 1 is 1.15 bits per heavy atom. The molecule has 0 saturated carbocycles. The molecule has 1 amide bonds. The van der Waals surface area contributed by atoms with Crippen molar-refractivity contribution in [2.45, 2.75) is 32.7 Å². The second-order valence-electron chi connectivity index (χ2n) is 4.78. The predicted octanol–water partition coefficient (Wildman–Crippen LogP) is 2.29. The summed E-state index contributed by atoms with van der Waals surface area (Å²) in [5, 5.41) is 11.3. The van der Waals surface area contributed by atoms with Crippen LogP contribution in [0.15, 0.2) is 18.2 Å². The van der Waals surface area contributed by atoms with Crippen molar-refractivity contribution in [3.05, 3.63) is 35.4 Å². The molecular formula is C14H17F2NO3. The number of halogens is 2. The summed E-state index contributed by atoms with van der Waals surface area (Å²) < 4.78 is 27.1. The van der Waals surface area contributed by atoms with E-state index >= 15 is 0 Å². The number of benzene rings is 1. The Labute approximate surface area is 115 Å². The molecule has 0 aliphatic heterocycles. The number of hydrogen-bond acceptors (Lipinski definition) is 2. The molecule has 0 aliphatic rings. The summed E-state index contributed by atoms with van der Waals surface area (Å²) in [6.45, 7) is 4.34. The van der Waals surface area contributed by atoms with E-state index in [9.17, 15) is 18.4 Å². The van der Waals surface area contributed by atoms with Gasteiger partial charge in [0.15, 0.2) is 0 Å².